The van der Waals surface area contributed by atoms with Gasteiger partial charge in [-0.3, -0.25) is 14.3 Å². The Morgan fingerprint density at radius 2 is 1.77 bits per heavy atom. The number of nitrogens with one attached hydrogen (secondary N) is 1. The second-order valence-corrected chi connectivity index (χ2v) is 8.12. The Hall–Kier alpha value is -3.41. The van der Waals surface area contributed by atoms with Crippen molar-refractivity contribution < 1.29 is 9.59 Å². The van der Waals surface area contributed by atoms with Gasteiger partial charge in [0.05, 0.1) is 6.54 Å². The van der Waals surface area contributed by atoms with Gasteiger partial charge in [0.1, 0.15) is 0 Å². The monoisotopic (exact) mass is 416 g/mol. The highest BCUT2D eigenvalue weighted by molar-refractivity contribution is 6.01. The van der Waals surface area contributed by atoms with E-state index in [9.17, 15) is 9.59 Å². The maximum atomic E-state index is 13.3. The third kappa shape index (κ3) is 5.20. The van der Waals surface area contributed by atoms with Crippen LogP contribution in [0.5, 0.6) is 0 Å². The number of hydrogen-bond donors (Lipinski definition) is 1. The molecule has 0 atom stereocenters. The summed E-state index contributed by atoms with van der Waals surface area (Å²) in [5, 5.41) is 7.14. The zero-order chi connectivity index (χ0) is 21.6. The molecule has 0 radical (unpaired) electrons. The van der Waals surface area contributed by atoms with Gasteiger partial charge in [-0.05, 0) is 47.6 Å². The molecule has 2 heterocycles. The molecule has 0 aliphatic carbocycles. The number of nitrogens with zero attached hydrogens (tertiary/aromatic N) is 3. The lowest BCUT2D eigenvalue weighted by atomic mass is 9.94. The SMILES string of the molecule is CC(=O)NCC1CCN(C(=O)c2ccccc2-c2ccc(Cn3cccn3)cc2)CC1. The van der Waals surface area contributed by atoms with Crippen molar-refractivity contribution in [3.05, 3.63) is 78.1 Å². The van der Waals surface area contributed by atoms with Crippen LogP contribution in [-0.2, 0) is 11.3 Å². The molecule has 1 fully saturated rings. The number of amides is 2. The lowest BCUT2D eigenvalue weighted by molar-refractivity contribution is -0.119. The number of likely N-dealkylation sites (tertiary alicyclic amines) is 1. The fraction of sp³-hybridized carbons (Fsp3) is 0.320. The number of carbonyl (C=O) groups excluding carboxylic acids is 2. The Morgan fingerprint density at radius 1 is 1.03 bits per heavy atom. The van der Waals surface area contributed by atoms with Crippen LogP contribution < -0.4 is 5.32 Å². The van der Waals surface area contributed by atoms with E-state index >= 15 is 0 Å². The first-order valence-corrected chi connectivity index (χ1v) is 10.8. The molecular weight excluding hydrogens is 388 g/mol. The molecule has 1 aromatic heterocycles. The normalized spacial score (nSPS) is 14.4. The standard InChI is InChI=1S/C25H28N4O2/c1-19(30)26-17-20-11-15-28(16-12-20)25(31)24-6-3-2-5-23(24)22-9-7-21(8-10-22)18-29-14-4-13-27-29/h2-10,13-14,20H,11-12,15-18H2,1H3,(H,26,30). The van der Waals surface area contributed by atoms with Crippen LogP contribution >= 0.6 is 0 Å². The highest BCUT2D eigenvalue weighted by Gasteiger charge is 2.25. The summed E-state index contributed by atoms with van der Waals surface area (Å²) >= 11 is 0. The highest BCUT2D eigenvalue weighted by Crippen LogP contribution is 2.27. The van der Waals surface area contributed by atoms with Crippen molar-refractivity contribution in [3.63, 3.8) is 0 Å². The van der Waals surface area contributed by atoms with Gasteiger partial charge in [-0.2, -0.15) is 5.10 Å². The molecule has 4 rings (SSSR count). The van der Waals surface area contributed by atoms with Crippen molar-refractivity contribution in [1.82, 2.24) is 20.0 Å². The van der Waals surface area contributed by atoms with Crippen LogP contribution in [0, 0.1) is 5.92 Å². The first-order valence-electron chi connectivity index (χ1n) is 10.8. The molecule has 2 aromatic carbocycles. The molecule has 2 amide bonds. The Balaban J connectivity index is 1.45. The summed E-state index contributed by atoms with van der Waals surface area (Å²) < 4.78 is 1.89. The smallest absolute Gasteiger partial charge is 0.254 e. The van der Waals surface area contributed by atoms with Crippen molar-refractivity contribution in [2.24, 2.45) is 5.92 Å². The van der Waals surface area contributed by atoms with Crippen LogP contribution in [0.15, 0.2) is 67.0 Å². The molecule has 3 aromatic rings. The zero-order valence-corrected chi connectivity index (χ0v) is 17.8. The van der Waals surface area contributed by atoms with E-state index in [1.165, 1.54) is 0 Å². The van der Waals surface area contributed by atoms with Gasteiger partial charge < -0.3 is 10.2 Å². The van der Waals surface area contributed by atoms with E-state index in [4.69, 9.17) is 0 Å². The number of benzene rings is 2. The molecule has 0 bridgehead atoms. The quantitative estimate of drug-likeness (QED) is 0.668. The largest absolute Gasteiger partial charge is 0.356 e. The molecule has 1 aliphatic rings. The van der Waals surface area contributed by atoms with E-state index in [2.05, 4.69) is 34.7 Å². The van der Waals surface area contributed by atoms with E-state index in [1.807, 2.05) is 46.1 Å². The molecular formula is C25H28N4O2. The van der Waals surface area contributed by atoms with Crippen molar-refractivity contribution >= 4 is 11.8 Å². The number of carbonyl (C=O) groups is 2. The van der Waals surface area contributed by atoms with Crippen molar-refractivity contribution in [2.75, 3.05) is 19.6 Å². The third-order valence-electron chi connectivity index (χ3n) is 5.87. The van der Waals surface area contributed by atoms with Crippen LogP contribution in [0.4, 0.5) is 0 Å². The Labute approximate surface area is 182 Å². The molecule has 160 valence electrons. The summed E-state index contributed by atoms with van der Waals surface area (Å²) in [6.45, 7) is 4.40. The summed E-state index contributed by atoms with van der Waals surface area (Å²) in [5.41, 5.74) is 3.90. The van der Waals surface area contributed by atoms with E-state index in [1.54, 1.807) is 13.1 Å². The van der Waals surface area contributed by atoms with Crippen molar-refractivity contribution in [1.29, 1.82) is 0 Å². The summed E-state index contributed by atoms with van der Waals surface area (Å²) in [4.78, 5) is 26.4. The predicted octanol–water partition coefficient (Wildman–Crippen LogP) is 3.59. The van der Waals surface area contributed by atoms with Crippen LogP contribution in [0.2, 0.25) is 0 Å². The Bertz CT molecular complexity index is 1020. The summed E-state index contributed by atoms with van der Waals surface area (Å²) in [6.07, 6.45) is 5.55. The molecule has 1 saturated heterocycles. The van der Waals surface area contributed by atoms with E-state index in [-0.39, 0.29) is 11.8 Å². The van der Waals surface area contributed by atoms with Gasteiger partial charge in [0.15, 0.2) is 0 Å². The van der Waals surface area contributed by atoms with Gasteiger partial charge in [-0.15, -0.1) is 0 Å². The first kappa shape index (κ1) is 20.8. The van der Waals surface area contributed by atoms with Crippen molar-refractivity contribution in [2.45, 2.75) is 26.3 Å². The van der Waals surface area contributed by atoms with Crippen LogP contribution in [-0.4, -0.2) is 46.1 Å². The second kappa shape index (κ2) is 9.60. The number of rotatable bonds is 6. The van der Waals surface area contributed by atoms with Gasteiger partial charge >= 0.3 is 0 Å². The molecule has 1 N–H and O–H groups in total. The average molecular weight is 417 g/mol. The fourth-order valence-electron chi connectivity index (χ4n) is 4.09. The average Bonchev–Trinajstić information content (AvgIpc) is 3.31. The second-order valence-electron chi connectivity index (χ2n) is 8.12. The summed E-state index contributed by atoms with van der Waals surface area (Å²) in [7, 11) is 0. The molecule has 0 spiro atoms. The predicted molar refractivity (Wildman–Crippen MR) is 121 cm³/mol. The van der Waals surface area contributed by atoms with Gasteiger partial charge in [0.2, 0.25) is 5.91 Å². The molecule has 6 nitrogen and oxygen atoms in total. The maximum Gasteiger partial charge on any atom is 0.254 e. The van der Waals surface area contributed by atoms with Gasteiger partial charge in [-0.25, -0.2) is 0 Å². The Morgan fingerprint density at radius 3 is 2.45 bits per heavy atom. The van der Waals surface area contributed by atoms with Crippen LogP contribution in [0.1, 0.15) is 35.7 Å². The highest BCUT2D eigenvalue weighted by atomic mass is 16.2. The third-order valence-corrected chi connectivity index (χ3v) is 5.87. The van der Waals surface area contributed by atoms with Gasteiger partial charge in [0, 0.05) is 44.5 Å². The topological polar surface area (TPSA) is 67.2 Å². The minimum absolute atomic E-state index is 0.00285. The van der Waals surface area contributed by atoms with Gasteiger partial charge in [-0.1, -0.05) is 42.5 Å². The van der Waals surface area contributed by atoms with Crippen molar-refractivity contribution in [3.8, 4) is 11.1 Å². The molecule has 6 heteroatoms. The minimum atomic E-state index is 0.00285. The van der Waals surface area contributed by atoms with E-state index in [0.29, 0.717) is 12.5 Å². The maximum absolute atomic E-state index is 13.3. The lowest BCUT2D eigenvalue weighted by Crippen LogP contribution is -2.41. The first-order chi connectivity index (χ1) is 15.1. The van der Waals surface area contributed by atoms with E-state index in [0.717, 1.165) is 54.7 Å². The Kier molecular flexibility index (Phi) is 6.46. The number of hydrogen-bond acceptors (Lipinski definition) is 3. The lowest BCUT2D eigenvalue weighted by Gasteiger charge is -2.32. The number of piperidine rings is 1. The fourth-order valence-corrected chi connectivity index (χ4v) is 4.09. The summed E-state index contributed by atoms with van der Waals surface area (Å²) in [6, 6.07) is 18.1. The minimum Gasteiger partial charge on any atom is -0.356 e. The zero-order valence-electron chi connectivity index (χ0n) is 17.8. The molecule has 0 saturated carbocycles. The number of aromatic nitrogens is 2. The van der Waals surface area contributed by atoms with Crippen LogP contribution in [0.3, 0.4) is 0 Å². The summed E-state index contributed by atoms with van der Waals surface area (Å²) in [5.74, 6) is 0.516. The van der Waals surface area contributed by atoms with E-state index < -0.39 is 0 Å². The van der Waals surface area contributed by atoms with Crippen LogP contribution in [0.25, 0.3) is 11.1 Å². The molecule has 31 heavy (non-hydrogen) atoms. The molecule has 1 aliphatic heterocycles. The van der Waals surface area contributed by atoms with Gasteiger partial charge in [0.25, 0.3) is 5.91 Å². The molecule has 0 unspecified atom stereocenters.